The molecule has 2 aromatic heterocycles. The normalized spacial score (nSPS) is 10.6. The quantitative estimate of drug-likeness (QED) is 0.342. The van der Waals surface area contributed by atoms with E-state index in [2.05, 4.69) is 25.5 Å². The smallest absolute Gasteiger partial charge is 0.309 e. The highest BCUT2D eigenvalue weighted by molar-refractivity contribution is 6.17. The van der Waals surface area contributed by atoms with Crippen LogP contribution in [0.3, 0.4) is 0 Å². The molecule has 0 atom stereocenters. The topological polar surface area (TPSA) is 111 Å². The molecule has 3 rings (SSSR count). The highest BCUT2D eigenvalue weighted by atomic mass is 35.5. The van der Waals surface area contributed by atoms with Gasteiger partial charge in [0.15, 0.2) is 11.5 Å². The summed E-state index contributed by atoms with van der Waals surface area (Å²) >= 11 is 5.69. The number of anilines is 2. The number of methoxy groups -OCH3 is 1. The van der Waals surface area contributed by atoms with Crippen LogP contribution in [0.25, 0.3) is 10.9 Å². The molecule has 27 heavy (non-hydrogen) atoms. The Morgan fingerprint density at radius 2 is 2.11 bits per heavy atom. The summed E-state index contributed by atoms with van der Waals surface area (Å²) in [6.45, 7) is 1.79. The molecule has 0 aliphatic rings. The summed E-state index contributed by atoms with van der Waals surface area (Å²) in [6, 6.07) is 5.12. The van der Waals surface area contributed by atoms with Crippen LogP contribution < -0.4 is 19.5 Å². The number of ether oxygens (including phenoxy) is 3. The highest BCUT2D eigenvalue weighted by Gasteiger charge is 2.13. The third-order valence-electron chi connectivity index (χ3n) is 3.51. The second kappa shape index (κ2) is 8.54. The lowest BCUT2D eigenvalue weighted by Gasteiger charge is -2.13. The van der Waals surface area contributed by atoms with Gasteiger partial charge in [-0.3, -0.25) is 9.89 Å². The van der Waals surface area contributed by atoms with Gasteiger partial charge in [0.05, 0.1) is 19.2 Å². The zero-order chi connectivity index (χ0) is 19.2. The molecule has 0 amide bonds. The lowest BCUT2D eigenvalue weighted by Crippen LogP contribution is -2.01. The first-order chi connectivity index (χ1) is 13.1. The number of rotatable bonds is 8. The fraction of sp³-hybridized carbons (Fsp3) is 0.294. The first kappa shape index (κ1) is 18.7. The van der Waals surface area contributed by atoms with Gasteiger partial charge in [0.25, 0.3) is 0 Å². The van der Waals surface area contributed by atoms with E-state index in [1.54, 1.807) is 25.3 Å². The molecule has 0 fully saturated rings. The van der Waals surface area contributed by atoms with Crippen LogP contribution >= 0.6 is 11.6 Å². The zero-order valence-corrected chi connectivity index (χ0v) is 15.5. The molecule has 9 nitrogen and oxygen atoms in total. The molecule has 0 aliphatic carbocycles. The van der Waals surface area contributed by atoms with Crippen LogP contribution in [0.4, 0.5) is 11.6 Å². The van der Waals surface area contributed by atoms with E-state index in [0.717, 1.165) is 11.8 Å². The second-order valence-electron chi connectivity index (χ2n) is 5.47. The molecule has 0 unspecified atom stereocenters. The standard InChI is InChI=1S/C17H18ClN5O4/c1-10(24)27-16-8-15(22-23-16)21-17-11-6-13(25-2)14(26-5-3-4-18)7-12(11)19-9-20-17/h6-9H,3-5H2,1-2H3,(H2,19,20,21,22,23). The van der Waals surface area contributed by atoms with Crippen molar-refractivity contribution in [3.05, 3.63) is 24.5 Å². The molecular weight excluding hydrogens is 374 g/mol. The van der Waals surface area contributed by atoms with Gasteiger partial charge in [0.1, 0.15) is 18.0 Å². The van der Waals surface area contributed by atoms with Crippen molar-refractivity contribution >= 4 is 40.1 Å². The average Bonchev–Trinajstić information content (AvgIpc) is 3.07. The van der Waals surface area contributed by atoms with E-state index in [1.165, 1.54) is 13.3 Å². The van der Waals surface area contributed by atoms with Crippen molar-refractivity contribution in [2.45, 2.75) is 13.3 Å². The molecule has 2 N–H and O–H groups in total. The summed E-state index contributed by atoms with van der Waals surface area (Å²) < 4.78 is 16.1. The minimum absolute atomic E-state index is 0.163. The van der Waals surface area contributed by atoms with Crippen molar-refractivity contribution in [2.75, 3.05) is 24.9 Å². The van der Waals surface area contributed by atoms with Gasteiger partial charge in [-0.25, -0.2) is 9.97 Å². The summed E-state index contributed by atoms with van der Waals surface area (Å²) in [4.78, 5) is 19.5. The Labute approximate surface area is 160 Å². The zero-order valence-electron chi connectivity index (χ0n) is 14.8. The van der Waals surface area contributed by atoms with E-state index in [0.29, 0.717) is 41.1 Å². The summed E-state index contributed by atoms with van der Waals surface area (Å²) in [5, 5.41) is 10.4. The third-order valence-corrected chi connectivity index (χ3v) is 3.78. The lowest BCUT2D eigenvalue weighted by atomic mass is 10.2. The summed E-state index contributed by atoms with van der Waals surface area (Å²) in [5.74, 6) is 2.41. The van der Waals surface area contributed by atoms with E-state index in [4.69, 9.17) is 25.8 Å². The number of aromatic nitrogens is 4. The Bertz CT molecular complexity index is 946. The van der Waals surface area contributed by atoms with Crippen LogP contribution in [-0.2, 0) is 4.79 Å². The van der Waals surface area contributed by atoms with E-state index >= 15 is 0 Å². The van der Waals surface area contributed by atoms with Gasteiger partial charge in [-0.15, -0.1) is 16.7 Å². The lowest BCUT2D eigenvalue weighted by molar-refractivity contribution is -0.132. The Morgan fingerprint density at radius 1 is 1.26 bits per heavy atom. The molecule has 2 heterocycles. The van der Waals surface area contributed by atoms with Gasteiger partial charge in [0, 0.05) is 30.3 Å². The number of H-pyrrole nitrogens is 1. The van der Waals surface area contributed by atoms with Crippen LogP contribution in [-0.4, -0.2) is 45.7 Å². The third kappa shape index (κ3) is 4.56. The van der Waals surface area contributed by atoms with Gasteiger partial charge in [0.2, 0.25) is 5.88 Å². The molecule has 0 saturated heterocycles. The van der Waals surface area contributed by atoms with Crippen molar-refractivity contribution in [3.63, 3.8) is 0 Å². The molecule has 0 radical (unpaired) electrons. The van der Waals surface area contributed by atoms with Crippen LogP contribution in [0.2, 0.25) is 0 Å². The van der Waals surface area contributed by atoms with Gasteiger partial charge < -0.3 is 19.5 Å². The van der Waals surface area contributed by atoms with Crippen molar-refractivity contribution in [1.29, 1.82) is 0 Å². The second-order valence-corrected chi connectivity index (χ2v) is 5.85. The fourth-order valence-corrected chi connectivity index (χ4v) is 2.48. The Hall–Kier alpha value is -3.07. The number of aromatic amines is 1. The van der Waals surface area contributed by atoms with Crippen molar-refractivity contribution < 1.29 is 19.0 Å². The number of hydrogen-bond donors (Lipinski definition) is 2. The molecule has 0 bridgehead atoms. The molecule has 0 saturated carbocycles. The summed E-state index contributed by atoms with van der Waals surface area (Å²) in [7, 11) is 1.56. The highest BCUT2D eigenvalue weighted by Crippen LogP contribution is 2.34. The number of benzene rings is 1. The Kier molecular flexibility index (Phi) is 5.92. The van der Waals surface area contributed by atoms with Crippen LogP contribution in [0.5, 0.6) is 17.4 Å². The number of nitrogens with one attached hydrogen (secondary N) is 2. The number of halogens is 1. The average molecular weight is 392 g/mol. The Morgan fingerprint density at radius 3 is 2.85 bits per heavy atom. The molecule has 0 aliphatic heterocycles. The number of fused-ring (bicyclic) bond motifs is 1. The van der Waals surface area contributed by atoms with Crippen LogP contribution in [0, 0.1) is 0 Å². The monoisotopic (exact) mass is 391 g/mol. The van der Waals surface area contributed by atoms with Crippen molar-refractivity contribution in [1.82, 2.24) is 20.2 Å². The predicted octanol–water partition coefficient (Wildman–Crippen LogP) is 3.04. The van der Waals surface area contributed by atoms with Gasteiger partial charge in [-0.1, -0.05) is 0 Å². The molecule has 142 valence electrons. The molecular formula is C17H18ClN5O4. The van der Waals surface area contributed by atoms with Gasteiger partial charge in [-0.2, -0.15) is 0 Å². The fourth-order valence-electron chi connectivity index (χ4n) is 2.37. The van der Waals surface area contributed by atoms with Gasteiger partial charge in [-0.05, 0) is 12.5 Å². The summed E-state index contributed by atoms with van der Waals surface area (Å²) in [5.41, 5.74) is 0.675. The minimum atomic E-state index is -0.452. The maximum Gasteiger partial charge on any atom is 0.309 e. The van der Waals surface area contributed by atoms with E-state index < -0.39 is 5.97 Å². The molecule has 1 aromatic carbocycles. The van der Waals surface area contributed by atoms with Crippen molar-refractivity contribution in [2.24, 2.45) is 0 Å². The first-order valence-electron chi connectivity index (χ1n) is 8.13. The van der Waals surface area contributed by atoms with E-state index in [1.807, 2.05) is 0 Å². The number of hydrogen-bond acceptors (Lipinski definition) is 8. The van der Waals surface area contributed by atoms with Gasteiger partial charge >= 0.3 is 5.97 Å². The SMILES string of the molecule is COc1cc2c(Nc3cc(OC(C)=O)n[nH]3)ncnc2cc1OCCCCl. The van der Waals surface area contributed by atoms with Crippen LogP contribution in [0.1, 0.15) is 13.3 Å². The number of carbonyl (C=O) groups excluding carboxylic acids is 1. The van der Waals surface area contributed by atoms with Crippen LogP contribution in [0.15, 0.2) is 24.5 Å². The van der Waals surface area contributed by atoms with E-state index in [-0.39, 0.29) is 5.88 Å². The molecule has 10 heteroatoms. The minimum Gasteiger partial charge on any atom is -0.493 e. The molecule has 0 spiro atoms. The van der Waals surface area contributed by atoms with Crippen molar-refractivity contribution in [3.8, 4) is 17.4 Å². The van der Waals surface area contributed by atoms with E-state index in [9.17, 15) is 4.79 Å². The molecule has 3 aromatic rings. The number of esters is 1. The number of carbonyl (C=O) groups is 1. The first-order valence-corrected chi connectivity index (χ1v) is 8.66. The number of nitrogens with zero attached hydrogens (tertiary/aromatic N) is 3. The summed E-state index contributed by atoms with van der Waals surface area (Å²) in [6.07, 6.45) is 2.16. The number of alkyl halides is 1. The maximum absolute atomic E-state index is 11.0. The Balaban J connectivity index is 1.89. The predicted molar refractivity (Wildman–Crippen MR) is 100 cm³/mol. The largest absolute Gasteiger partial charge is 0.493 e. The maximum atomic E-state index is 11.0.